The van der Waals surface area contributed by atoms with Gasteiger partial charge in [-0.05, 0) is 40.2 Å². The van der Waals surface area contributed by atoms with Crippen LogP contribution < -0.4 is 16.4 Å². The molecule has 0 saturated carbocycles. The zero-order valence-electron chi connectivity index (χ0n) is 22.9. The maximum absolute atomic E-state index is 12.5. The molecule has 0 radical (unpaired) electrons. The van der Waals surface area contributed by atoms with Gasteiger partial charge in [-0.25, -0.2) is 9.78 Å². The van der Waals surface area contributed by atoms with Crippen molar-refractivity contribution in [3.05, 3.63) is 22.2 Å². The van der Waals surface area contributed by atoms with Crippen molar-refractivity contribution < 1.29 is 19.0 Å². The minimum atomic E-state index is -0.520. The summed E-state index contributed by atoms with van der Waals surface area (Å²) in [5, 5.41) is 1.97. The number of rotatable bonds is 9. The van der Waals surface area contributed by atoms with Gasteiger partial charge in [-0.3, -0.25) is 21.5 Å². The number of ether oxygens (including phenoxy) is 3. The zero-order chi connectivity index (χ0) is 26.9. The summed E-state index contributed by atoms with van der Waals surface area (Å²) in [6.45, 7) is 17.3. The molecule has 1 aliphatic heterocycles. The summed E-state index contributed by atoms with van der Waals surface area (Å²) in [7, 11) is 3.31. The smallest absolute Gasteiger partial charge is 0.348 e. The fraction of sp³-hybridized carbons (Fsp3) is 0.680. The molecule has 1 saturated heterocycles. The number of carbonyl (C=O) groups is 1. The van der Waals surface area contributed by atoms with E-state index in [2.05, 4.69) is 23.6 Å². The van der Waals surface area contributed by atoms with E-state index < -0.39 is 5.60 Å². The van der Waals surface area contributed by atoms with E-state index in [0.717, 1.165) is 84.6 Å². The average molecular weight is 525 g/mol. The summed E-state index contributed by atoms with van der Waals surface area (Å²) < 4.78 is 17.0. The van der Waals surface area contributed by atoms with Gasteiger partial charge in [0.1, 0.15) is 27.7 Å². The van der Waals surface area contributed by atoms with Crippen LogP contribution in [0.25, 0.3) is 10.2 Å². The molecule has 2 aromatic rings. The molecule has 0 atom stereocenters. The SMILES string of the molecule is CCc1nc2sc(C(=O)OC(C)(C)C)cc2c(C)c1OCCN1CCN(CCOC)CC1.CN(N)N. The maximum Gasteiger partial charge on any atom is 0.348 e. The lowest BCUT2D eigenvalue weighted by molar-refractivity contribution is 0.00753. The van der Waals surface area contributed by atoms with Crippen molar-refractivity contribution in [3.63, 3.8) is 0 Å². The lowest BCUT2D eigenvalue weighted by Gasteiger charge is -2.34. The Labute approximate surface area is 219 Å². The number of piperazine rings is 1. The number of carbonyl (C=O) groups excluding carboxylic acids is 1. The Morgan fingerprint density at radius 2 is 1.69 bits per heavy atom. The van der Waals surface area contributed by atoms with Crippen LogP contribution in [0.1, 0.15) is 48.6 Å². The molecular formula is C25H44N6O4S. The lowest BCUT2D eigenvalue weighted by Crippen LogP contribution is -2.48. The Balaban J connectivity index is 0.00000106. The molecule has 0 unspecified atom stereocenters. The second-order valence-electron chi connectivity index (χ2n) is 9.89. The van der Waals surface area contributed by atoms with Crippen LogP contribution in [-0.2, 0) is 15.9 Å². The molecule has 36 heavy (non-hydrogen) atoms. The van der Waals surface area contributed by atoms with E-state index in [9.17, 15) is 4.79 Å². The number of nitrogens with two attached hydrogens (primary N) is 2. The van der Waals surface area contributed by atoms with E-state index in [1.807, 2.05) is 26.8 Å². The van der Waals surface area contributed by atoms with E-state index in [-0.39, 0.29) is 5.97 Å². The quantitative estimate of drug-likeness (QED) is 0.287. The Morgan fingerprint density at radius 3 is 2.19 bits per heavy atom. The molecule has 204 valence electrons. The summed E-state index contributed by atoms with van der Waals surface area (Å²) in [6.07, 6.45) is 0.782. The zero-order valence-corrected chi connectivity index (χ0v) is 23.7. The van der Waals surface area contributed by atoms with Gasteiger partial charge in [0.2, 0.25) is 0 Å². The standard InChI is InChI=1S/C24H37N3O4S.CH7N3/c1-7-19-21(30-15-13-27-10-8-26(9-11-27)12-14-29-6)17(2)18-16-20(32-22(18)25-19)23(28)31-24(3,4)5;1-4(2)3/h16H,7-15H2,1-6H3;2-3H2,1H3. The van der Waals surface area contributed by atoms with Crippen molar-refractivity contribution in [2.75, 3.05) is 66.6 Å². The maximum atomic E-state index is 12.5. The first-order chi connectivity index (χ1) is 16.9. The van der Waals surface area contributed by atoms with Gasteiger partial charge in [-0.1, -0.05) is 6.92 Å². The molecule has 10 nitrogen and oxygen atoms in total. The second kappa shape index (κ2) is 14.2. The number of fused-ring (bicyclic) bond motifs is 1. The molecule has 0 bridgehead atoms. The monoisotopic (exact) mass is 524 g/mol. The van der Waals surface area contributed by atoms with Gasteiger partial charge < -0.3 is 14.2 Å². The molecule has 4 N–H and O–H groups in total. The van der Waals surface area contributed by atoms with E-state index in [1.54, 1.807) is 14.2 Å². The van der Waals surface area contributed by atoms with Crippen molar-refractivity contribution in [3.8, 4) is 5.75 Å². The topological polar surface area (TPSA) is 119 Å². The van der Waals surface area contributed by atoms with Gasteiger partial charge in [-0.15, -0.1) is 11.3 Å². The first kappa shape index (κ1) is 30.4. The fourth-order valence-electron chi connectivity index (χ4n) is 3.84. The number of hydrogen-bond donors (Lipinski definition) is 2. The second-order valence-corrected chi connectivity index (χ2v) is 10.9. The van der Waals surface area contributed by atoms with Crippen molar-refractivity contribution in [1.82, 2.24) is 19.9 Å². The molecule has 0 spiro atoms. The highest BCUT2D eigenvalue weighted by molar-refractivity contribution is 7.20. The van der Waals surface area contributed by atoms with Crippen molar-refractivity contribution in [2.45, 2.75) is 46.6 Å². The van der Waals surface area contributed by atoms with Crippen LogP contribution in [0, 0.1) is 6.92 Å². The Morgan fingerprint density at radius 1 is 1.14 bits per heavy atom. The Hall–Kier alpha value is -1.86. The summed E-state index contributed by atoms with van der Waals surface area (Å²) >= 11 is 1.39. The molecule has 0 amide bonds. The van der Waals surface area contributed by atoms with Crippen molar-refractivity contribution in [1.29, 1.82) is 0 Å². The summed E-state index contributed by atoms with van der Waals surface area (Å²) in [6, 6.07) is 1.89. The number of aryl methyl sites for hydroxylation is 2. The number of pyridine rings is 1. The third kappa shape index (κ3) is 9.55. The third-order valence-corrected chi connectivity index (χ3v) is 6.63. The molecular weight excluding hydrogens is 480 g/mol. The van der Waals surface area contributed by atoms with Crippen LogP contribution in [0.3, 0.4) is 0 Å². The number of hydrogen-bond acceptors (Lipinski definition) is 11. The summed E-state index contributed by atoms with van der Waals surface area (Å²) in [5.41, 5.74) is 1.47. The highest BCUT2D eigenvalue weighted by Crippen LogP contribution is 2.35. The van der Waals surface area contributed by atoms with Crippen LogP contribution in [0.2, 0.25) is 0 Å². The minimum Gasteiger partial charge on any atom is -0.490 e. The lowest BCUT2D eigenvalue weighted by atomic mass is 10.1. The highest BCUT2D eigenvalue weighted by Gasteiger charge is 2.23. The molecule has 3 heterocycles. The van der Waals surface area contributed by atoms with Gasteiger partial charge in [0.15, 0.2) is 0 Å². The van der Waals surface area contributed by atoms with Gasteiger partial charge in [0, 0.05) is 64.4 Å². The summed E-state index contributed by atoms with van der Waals surface area (Å²) in [4.78, 5) is 23.7. The predicted octanol–water partition coefficient (Wildman–Crippen LogP) is 2.43. The van der Waals surface area contributed by atoms with Gasteiger partial charge in [0.05, 0.1) is 12.3 Å². The molecule has 0 aliphatic carbocycles. The molecule has 1 aliphatic rings. The van der Waals surface area contributed by atoms with Gasteiger partial charge >= 0.3 is 5.97 Å². The third-order valence-electron chi connectivity index (χ3n) is 5.62. The van der Waals surface area contributed by atoms with Crippen LogP contribution in [-0.4, -0.2) is 98.1 Å². The number of esters is 1. The number of methoxy groups -OCH3 is 1. The first-order valence-electron chi connectivity index (χ1n) is 12.4. The Kier molecular flexibility index (Phi) is 12.0. The van der Waals surface area contributed by atoms with Crippen LogP contribution >= 0.6 is 11.3 Å². The minimum absolute atomic E-state index is 0.301. The van der Waals surface area contributed by atoms with Gasteiger partial charge in [-0.2, -0.15) is 5.12 Å². The van der Waals surface area contributed by atoms with Crippen LogP contribution in [0.4, 0.5) is 0 Å². The largest absolute Gasteiger partial charge is 0.490 e. The number of hydrazine groups is 2. The fourth-order valence-corrected chi connectivity index (χ4v) is 4.83. The number of thiophene rings is 1. The van der Waals surface area contributed by atoms with E-state index in [1.165, 1.54) is 11.3 Å². The van der Waals surface area contributed by atoms with Crippen LogP contribution in [0.15, 0.2) is 6.07 Å². The van der Waals surface area contributed by atoms with E-state index in [0.29, 0.717) is 11.5 Å². The number of nitrogens with zero attached hydrogens (tertiary/aromatic N) is 4. The average Bonchev–Trinajstić information content (AvgIpc) is 3.23. The van der Waals surface area contributed by atoms with Gasteiger partial charge in [0.25, 0.3) is 0 Å². The van der Waals surface area contributed by atoms with Crippen molar-refractivity contribution >= 4 is 27.5 Å². The molecule has 1 fully saturated rings. The van der Waals surface area contributed by atoms with E-state index in [4.69, 9.17) is 30.9 Å². The Bertz CT molecular complexity index is 965. The molecule has 2 aromatic heterocycles. The normalized spacial score (nSPS) is 15.2. The van der Waals surface area contributed by atoms with E-state index >= 15 is 0 Å². The van der Waals surface area contributed by atoms with Crippen LogP contribution in [0.5, 0.6) is 5.75 Å². The first-order valence-corrected chi connectivity index (χ1v) is 13.2. The predicted molar refractivity (Wildman–Crippen MR) is 145 cm³/mol. The molecule has 3 rings (SSSR count). The highest BCUT2D eigenvalue weighted by atomic mass is 32.1. The number of aromatic nitrogens is 1. The summed E-state index contributed by atoms with van der Waals surface area (Å²) in [5.74, 6) is 10.00. The van der Waals surface area contributed by atoms with Crippen molar-refractivity contribution in [2.24, 2.45) is 11.7 Å². The molecule has 0 aromatic carbocycles. The molecule has 11 heteroatoms.